The summed E-state index contributed by atoms with van der Waals surface area (Å²) in [5.74, 6) is -0.393. The van der Waals surface area contributed by atoms with Crippen molar-refractivity contribution in [2.24, 2.45) is 5.92 Å². The monoisotopic (exact) mass is 289 g/mol. The zero-order valence-electron chi connectivity index (χ0n) is 12.3. The molecule has 1 aliphatic heterocycles. The number of nitrogens with zero attached hydrogens (tertiary/aromatic N) is 1. The highest BCUT2D eigenvalue weighted by Gasteiger charge is 2.39. The van der Waals surface area contributed by atoms with E-state index in [1.54, 1.807) is 0 Å². The van der Waals surface area contributed by atoms with Crippen molar-refractivity contribution < 1.29 is 14.6 Å². The zero-order valence-corrected chi connectivity index (χ0v) is 12.3. The first-order chi connectivity index (χ1) is 10.3. The molecule has 0 radical (unpaired) electrons. The maximum Gasteiger partial charge on any atom is 0.308 e. The average molecular weight is 289 g/mol. The summed E-state index contributed by atoms with van der Waals surface area (Å²) >= 11 is 0. The number of aliphatic carboxylic acids is 1. The van der Waals surface area contributed by atoms with Crippen molar-refractivity contribution in [3.8, 4) is 0 Å². The summed E-state index contributed by atoms with van der Waals surface area (Å²) in [5.41, 5.74) is 1.35. The third kappa shape index (κ3) is 3.27. The van der Waals surface area contributed by atoms with Crippen LogP contribution in [0.25, 0.3) is 0 Å². The second-order valence-corrected chi connectivity index (χ2v) is 6.08. The quantitative estimate of drug-likeness (QED) is 0.928. The zero-order chi connectivity index (χ0) is 14.7. The predicted octanol–water partition coefficient (Wildman–Crippen LogP) is 2.36. The summed E-state index contributed by atoms with van der Waals surface area (Å²) in [6.07, 6.45) is 2.69. The van der Waals surface area contributed by atoms with Crippen molar-refractivity contribution in [2.45, 2.75) is 31.2 Å². The Hall–Kier alpha value is -1.39. The SMILES string of the molecule is O=C(O)C1CCC(c2ccccc2)CC1N1CCOCC1. The van der Waals surface area contributed by atoms with E-state index in [4.69, 9.17) is 4.74 Å². The first-order valence-corrected chi connectivity index (χ1v) is 7.85. The molecule has 2 fully saturated rings. The maximum absolute atomic E-state index is 11.6. The second-order valence-electron chi connectivity index (χ2n) is 6.08. The molecule has 3 unspecified atom stereocenters. The van der Waals surface area contributed by atoms with Gasteiger partial charge >= 0.3 is 5.97 Å². The maximum atomic E-state index is 11.6. The number of carbonyl (C=O) groups is 1. The smallest absolute Gasteiger partial charge is 0.308 e. The van der Waals surface area contributed by atoms with Crippen LogP contribution in [0.2, 0.25) is 0 Å². The molecular formula is C17H23NO3. The van der Waals surface area contributed by atoms with E-state index in [0.29, 0.717) is 5.92 Å². The Morgan fingerprint density at radius 3 is 2.52 bits per heavy atom. The minimum Gasteiger partial charge on any atom is -0.481 e. The summed E-state index contributed by atoms with van der Waals surface area (Å²) in [5, 5.41) is 9.54. The number of carboxylic acid groups (broad SMARTS) is 1. The van der Waals surface area contributed by atoms with Gasteiger partial charge in [0.1, 0.15) is 0 Å². The molecule has 1 N–H and O–H groups in total. The molecular weight excluding hydrogens is 266 g/mol. The lowest BCUT2D eigenvalue weighted by atomic mass is 9.74. The lowest BCUT2D eigenvalue weighted by molar-refractivity contribution is -0.147. The van der Waals surface area contributed by atoms with Crippen LogP contribution < -0.4 is 0 Å². The van der Waals surface area contributed by atoms with Gasteiger partial charge in [0.05, 0.1) is 19.1 Å². The molecule has 21 heavy (non-hydrogen) atoms. The van der Waals surface area contributed by atoms with Crippen LogP contribution >= 0.6 is 0 Å². The summed E-state index contributed by atoms with van der Waals surface area (Å²) < 4.78 is 5.41. The fraction of sp³-hybridized carbons (Fsp3) is 0.588. The van der Waals surface area contributed by atoms with E-state index in [2.05, 4.69) is 29.2 Å². The van der Waals surface area contributed by atoms with Gasteiger partial charge in [-0.15, -0.1) is 0 Å². The molecule has 1 heterocycles. The molecule has 114 valence electrons. The van der Waals surface area contributed by atoms with Gasteiger partial charge in [-0.3, -0.25) is 9.69 Å². The predicted molar refractivity (Wildman–Crippen MR) is 80.3 cm³/mol. The summed E-state index contributed by atoms with van der Waals surface area (Å²) in [6.45, 7) is 3.16. The first kappa shape index (κ1) is 14.5. The van der Waals surface area contributed by atoms with Crippen molar-refractivity contribution in [1.29, 1.82) is 0 Å². The Bertz CT molecular complexity index is 470. The van der Waals surface area contributed by atoms with Crippen LogP contribution in [-0.4, -0.2) is 48.3 Å². The van der Waals surface area contributed by atoms with Crippen molar-refractivity contribution in [3.63, 3.8) is 0 Å². The molecule has 4 nitrogen and oxygen atoms in total. The first-order valence-electron chi connectivity index (χ1n) is 7.85. The van der Waals surface area contributed by atoms with Crippen LogP contribution in [0, 0.1) is 5.92 Å². The molecule has 3 rings (SSSR count). The lowest BCUT2D eigenvalue weighted by Crippen LogP contribution is -2.51. The van der Waals surface area contributed by atoms with Crippen LogP contribution in [-0.2, 0) is 9.53 Å². The summed E-state index contributed by atoms with van der Waals surface area (Å²) in [4.78, 5) is 13.9. The van der Waals surface area contributed by atoms with Crippen LogP contribution in [0.15, 0.2) is 30.3 Å². The molecule has 3 atom stereocenters. The van der Waals surface area contributed by atoms with Gasteiger partial charge in [0, 0.05) is 19.1 Å². The Morgan fingerprint density at radius 2 is 1.86 bits per heavy atom. The molecule has 1 aliphatic carbocycles. The standard InChI is InChI=1S/C17H23NO3/c19-17(20)15-7-6-14(13-4-2-1-3-5-13)12-16(15)18-8-10-21-11-9-18/h1-5,14-16H,6-12H2,(H,19,20). The topological polar surface area (TPSA) is 49.8 Å². The fourth-order valence-electron chi connectivity index (χ4n) is 3.78. The van der Waals surface area contributed by atoms with Gasteiger partial charge in [0.25, 0.3) is 0 Å². The van der Waals surface area contributed by atoms with E-state index in [1.165, 1.54) is 5.56 Å². The Morgan fingerprint density at radius 1 is 1.14 bits per heavy atom. The highest BCUT2D eigenvalue weighted by Crippen LogP contribution is 2.38. The number of hydrogen-bond donors (Lipinski definition) is 1. The third-order valence-electron chi connectivity index (χ3n) is 4.92. The van der Waals surface area contributed by atoms with Crippen LogP contribution in [0.1, 0.15) is 30.7 Å². The van der Waals surface area contributed by atoms with E-state index in [1.807, 2.05) is 6.07 Å². The Kier molecular flexibility index (Phi) is 4.56. The number of hydrogen-bond acceptors (Lipinski definition) is 3. The summed E-state index contributed by atoms with van der Waals surface area (Å²) in [6, 6.07) is 10.7. The number of morpholine rings is 1. The molecule has 2 aliphatic rings. The molecule has 4 heteroatoms. The van der Waals surface area contributed by atoms with Gasteiger partial charge in [0.2, 0.25) is 0 Å². The third-order valence-corrected chi connectivity index (χ3v) is 4.92. The Balaban J connectivity index is 1.76. The van der Waals surface area contributed by atoms with Gasteiger partial charge in [0.15, 0.2) is 0 Å². The number of rotatable bonds is 3. The molecule has 0 amide bonds. The van der Waals surface area contributed by atoms with Gasteiger partial charge in [-0.1, -0.05) is 30.3 Å². The van der Waals surface area contributed by atoms with Crippen LogP contribution in [0.4, 0.5) is 0 Å². The average Bonchev–Trinajstić information content (AvgIpc) is 2.56. The van der Waals surface area contributed by atoms with Gasteiger partial charge in [-0.2, -0.15) is 0 Å². The van der Waals surface area contributed by atoms with E-state index in [0.717, 1.165) is 45.6 Å². The molecule has 1 aromatic rings. The molecule has 0 spiro atoms. The van der Waals surface area contributed by atoms with Crippen molar-refractivity contribution in [2.75, 3.05) is 26.3 Å². The Labute approximate surface area is 125 Å². The van der Waals surface area contributed by atoms with Crippen molar-refractivity contribution >= 4 is 5.97 Å². The van der Waals surface area contributed by atoms with Gasteiger partial charge in [-0.25, -0.2) is 0 Å². The number of ether oxygens (including phenoxy) is 1. The highest BCUT2D eigenvalue weighted by molar-refractivity contribution is 5.71. The normalized spacial score (nSPS) is 31.0. The molecule has 1 saturated heterocycles. The minimum absolute atomic E-state index is 0.144. The van der Waals surface area contributed by atoms with E-state index in [9.17, 15) is 9.90 Å². The van der Waals surface area contributed by atoms with E-state index >= 15 is 0 Å². The van der Waals surface area contributed by atoms with Crippen molar-refractivity contribution in [3.05, 3.63) is 35.9 Å². The molecule has 0 bridgehead atoms. The highest BCUT2D eigenvalue weighted by atomic mass is 16.5. The van der Waals surface area contributed by atoms with E-state index < -0.39 is 5.97 Å². The lowest BCUT2D eigenvalue weighted by Gasteiger charge is -2.42. The van der Waals surface area contributed by atoms with Crippen LogP contribution in [0.3, 0.4) is 0 Å². The second kappa shape index (κ2) is 6.58. The number of benzene rings is 1. The van der Waals surface area contributed by atoms with Gasteiger partial charge < -0.3 is 9.84 Å². The van der Waals surface area contributed by atoms with E-state index in [-0.39, 0.29) is 12.0 Å². The molecule has 1 saturated carbocycles. The minimum atomic E-state index is -0.641. The number of carboxylic acids is 1. The molecule has 1 aromatic carbocycles. The summed E-state index contributed by atoms with van der Waals surface area (Å²) in [7, 11) is 0. The molecule has 0 aromatic heterocycles. The van der Waals surface area contributed by atoms with Crippen LogP contribution in [0.5, 0.6) is 0 Å². The fourth-order valence-corrected chi connectivity index (χ4v) is 3.78. The van der Waals surface area contributed by atoms with Gasteiger partial charge in [-0.05, 0) is 30.7 Å². The largest absolute Gasteiger partial charge is 0.481 e. The van der Waals surface area contributed by atoms with Crippen molar-refractivity contribution in [1.82, 2.24) is 4.90 Å².